The van der Waals surface area contributed by atoms with Gasteiger partial charge in [0.15, 0.2) is 0 Å². The minimum absolute atomic E-state index is 0.0428. The van der Waals surface area contributed by atoms with E-state index >= 15 is 0 Å². The Morgan fingerprint density at radius 2 is 1.57 bits per heavy atom. The average molecular weight is 435 g/mol. The molecule has 2 heterocycles. The molecular weight excluding hydrogens is 400 g/mol. The van der Waals surface area contributed by atoms with Gasteiger partial charge in [-0.05, 0) is 43.9 Å². The van der Waals surface area contributed by atoms with Gasteiger partial charge in [0.1, 0.15) is 0 Å². The van der Waals surface area contributed by atoms with Gasteiger partial charge < -0.3 is 9.80 Å². The van der Waals surface area contributed by atoms with Crippen molar-refractivity contribution in [3.05, 3.63) is 23.8 Å². The first-order valence-electron chi connectivity index (χ1n) is 11.2. The standard InChI is InChI=1S/C22H34N4O3S/c1-23(2)30(28,29)19-9-10-21(25-11-5-6-12-25)20(17-19)22(27)26-15-13-24(14-16-26)18-7-3-4-8-18/h9-10,17-18H,3-8,11-16H2,1-2H3. The van der Waals surface area contributed by atoms with E-state index in [2.05, 4.69) is 9.80 Å². The second-order valence-electron chi connectivity index (χ2n) is 8.93. The summed E-state index contributed by atoms with van der Waals surface area (Å²) in [7, 11) is -0.545. The third-order valence-corrected chi connectivity index (χ3v) is 8.68. The molecule has 1 aromatic rings. The van der Waals surface area contributed by atoms with Crippen LogP contribution < -0.4 is 4.90 Å². The van der Waals surface area contributed by atoms with Crippen LogP contribution in [0.3, 0.4) is 0 Å². The number of carbonyl (C=O) groups excluding carboxylic acids is 1. The zero-order chi connectivity index (χ0) is 21.3. The van der Waals surface area contributed by atoms with Gasteiger partial charge in [0.25, 0.3) is 5.91 Å². The van der Waals surface area contributed by atoms with Gasteiger partial charge >= 0.3 is 0 Å². The van der Waals surface area contributed by atoms with Crippen LogP contribution in [0.25, 0.3) is 0 Å². The Kier molecular flexibility index (Phi) is 6.36. The lowest BCUT2D eigenvalue weighted by Gasteiger charge is -2.38. The molecule has 0 N–H and O–H groups in total. The van der Waals surface area contributed by atoms with E-state index in [0.717, 1.165) is 44.7 Å². The first-order chi connectivity index (χ1) is 14.4. The Morgan fingerprint density at radius 1 is 0.933 bits per heavy atom. The molecule has 0 bridgehead atoms. The summed E-state index contributed by atoms with van der Waals surface area (Å²) < 4.78 is 26.6. The van der Waals surface area contributed by atoms with E-state index in [-0.39, 0.29) is 10.8 Å². The molecule has 3 fully saturated rings. The molecule has 2 aliphatic heterocycles. The van der Waals surface area contributed by atoms with Crippen molar-refractivity contribution >= 4 is 21.6 Å². The highest BCUT2D eigenvalue weighted by atomic mass is 32.2. The van der Waals surface area contributed by atoms with E-state index in [9.17, 15) is 13.2 Å². The number of amides is 1. The van der Waals surface area contributed by atoms with Crippen LogP contribution in [0.2, 0.25) is 0 Å². The molecule has 2 saturated heterocycles. The summed E-state index contributed by atoms with van der Waals surface area (Å²) in [5, 5.41) is 0. The molecule has 1 amide bonds. The third kappa shape index (κ3) is 4.22. The second kappa shape index (κ2) is 8.85. The zero-order valence-electron chi connectivity index (χ0n) is 18.2. The van der Waals surface area contributed by atoms with Crippen LogP contribution in [-0.2, 0) is 10.0 Å². The largest absolute Gasteiger partial charge is 0.371 e. The fraction of sp³-hybridized carbons (Fsp3) is 0.682. The third-order valence-electron chi connectivity index (χ3n) is 6.87. The van der Waals surface area contributed by atoms with E-state index in [1.54, 1.807) is 12.1 Å². The summed E-state index contributed by atoms with van der Waals surface area (Å²) in [6.07, 6.45) is 7.39. The molecule has 7 nitrogen and oxygen atoms in total. The quantitative estimate of drug-likeness (QED) is 0.711. The molecule has 0 aromatic heterocycles. The highest BCUT2D eigenvalue weighted by Gasteiger charge is 2.31. The number of anilines is 1. The highest BCUT2D eigenvalue weighted by molar-refractivity contribution is 7.89. The van der Waals surface area contributed by atoms with E-state index in [1.165, 1.54) is 44.1 Å². The van der Waals surface area contributed by atoms with Crippen molar-refractivity contribution < 1.29 is 13.2 Å². The van der Waals surface area contributed by atoms with Gasteiger partial charge in [-0.25, -0.2) is 12.7 Å². The maximum absolute atomic E-state index is 13.5. The summed E-state index contributed by atoms with van der Waals surface area (Å²) in [5.41, 5.74) is 1.39. The molecule has 0 radical (unpaired) electrons. The predicted molar refractivity (Wildman–Crippen MR) is 118 cm³/mol. The van der Waals surface area contributed by atoms with Gasteiger partial charge in [0.05, 0.1) is 10.5 Å². The van der Waals surface area contributed by atoms with Crippen LogP contribution in [0, 0.1) is 0 Å². The highest BCUT2D eigenvalue weighted by Crippen LogP contribution is 2.30. The molecule has 3 aliphatic rings. The molecule has 30 heavy (non-hydrogen) atoms. The molecule has 4 rings (SSSR count). The van der Waals surface area contributed by atoms with Gasteiger partial charge in [0, 0.05) is 65.1 Å². The number of piperazine rings is 1. The maximum atomic E-state index is 13.5. The van der Waals surface area contributed by atoms with E-state index in [1.807, 2.05) is 11.0 Å². The molecule has 0 unspecified atom stereocenters. The van der Waals surface area contributed by atoms with Gasteiger partial charge in [-0.2, -0.15) is 0 Å². The normalized spacial score (nSPS) is 21.7. The van der Waals surface area contributed by atoms with Crippen LogP contribution >= 0.6 is 0 Å². The van der Waals surface area contributed by atoms with Crippen molar-refractivity contribution in [2.24, 2.45) is 0 Å². The molecule has 1 aromatic carbocycles. The number of carbonyl (C=O) groups is 1. The van der Waals surface area contributed by atoms with Crippen LogP contribution in [0.5, 0.6) is 0 Å². The minimum atomic E-state index is -3.59. The summed E-state index contributed by atoms with van der Waals surface area (Å²) >= 11 is 0. The smallest absolute Gasteiger partial charge is 0.256 e. The Morgan fingerprint density at radius 3 is 2.17 bits per heavy atom. The van der Waals surface area contributed by atoms with Crippen LogP contribution in [0.15, 0.2) is 23.1 Å². The van der Waals surface area contributed by atoms with E-state index < -0.39 is 10.0 Å². The van der Waals surface area contributed by atoms with Crippen LogP contribution in [0.4, 0.5) is 5.69 Å². The lowest BCUT2D eigenvalue weighted by Crippen LogP contribution is -2.51. The number of benzene rings is 1. The predicted octanol–water partition coefficient (Wildman–Crippen LogP) is 2.24. The minimum Gasteiger partial charge on any atom is -0.371 e. The number of sulfonamides is 1. The Labute approximate surface area is 180 Å². The number of rotatable bonds is 5. The lowest BCUT2D eigenvalue weighted by atomic mass is 10.1. The van der Waals surface area contributed by atoms with Gasteiger partial charge in [-0.15, -0.1) is 0 Å². The van der Waals surface area contributed by atoms with Crippen molar-refractivity contribution in [3.63, 3.8) is 0 Å². The summed E-state index contributed by atoms with van der Waals surface area (Å²) in [4.78, 5) is 20.4. The zero-order valence-corrected chi connectivity index (χ0v) is 19.0. The molecule has 0 spiro atoms. The fourth-order valence-electron chi connectivity index (χ4n) is 5.02. The first-order valence-corrected chi connectivity index (χ1v) is 12.7. The SMILES string of the molecule is CN(C)S(=O)(=O)c1ccc(N2CCCC2)c(C(=O)N2CCN(C3CCCC3)CC2)c1. The Hall–Kier alpha value is -1.64. The second-order valence-corrected chi connectivity index (χ2v) is 11.1. The van der Waals surface area contributed by atoms with Gasteiger partial charge in [-0.3, -0.25) is 9.69 Å². The first kappa shape index (κ1) is 21.6. The monoisotopic (exact) mass is 434 g/mol. The van der Waals surface area contributed by atoms with Crippen LogP contribution in [-0.4, -0.2) is 87.8 Å². The van der Waals surface area contributed by atoms with Crippen molar-refractivity contribution in [1.82, 2.24) is 14.1 Å². The number of hydrogen-bond donors (Lipinski definition) is 0. The van der Waals surface area contributed by atoms with Gasteiger partial charge in [0.2, 0.25) is 10.0 Å². The average Bonchev–Trinajstić information content (AvgIpc) is 3.47. The van der Waals surface area contributed by atoms with Gasteiger partial charge in [-0.1, -0.05) is 12.8 Å². The number of hydrogen-bond acceptors (Lipinski definition) is 5. The van der Waals surface area contributed by atoms with E-state index in [4.69, 9.17) is 0 Å². The van der Waals surface area contributed by atoms with Crippen molar-refractivity contribution in [2.45, 2.75) is 49.5 Å². The summed E-state index contributed by atoms with van der Waals surface area (Å²) in [5.74, 6) is -0.0428. The van der Waals surface area contributed by atoms with Crippen molar-refractivity contribution in [2.75, 3.05) is 58.3 Å². The Balaban J connectivity index is 1.58. The topological polar surface area (TPSA) is 64.2 Å². The summed E-state index contributed by atoms with van der Waals surface area (Å²) in [6.45, 7) is 5.06. The fourth-order valence-corrected chi connectivity index (χ4v) is 5.95. The molecule has 0 atom stereocenters. The van der Waals surface area contributed by atoms with Crippen molar-refractivity contribution in [3.8, 4) is 0 Å². The molecular formula is C22H34N4O3S. The molecule has 1 aliphatic carbocycles. The van der Waals surface area contributed by atoms with E-state index in [0.29, 0.717) is 24.7 Å². The lowest BCUT2D eigenvalue weighted by molar-refractivity contribution is 0.0573. The summed E-state index contributed by atoms with van der Waals surface area (Å²) in [6, 6.07) is 5.73. The van der Waals surface area contributed by atoms with Crippen molar-refractivity contribution in [1.29, 1.82) is 0 Å². The number of nitrogens with zero attached hydrogens (tertiary/aromatic N) is 4. The molecule has 166 valence electrons. The van der Waals surface area contributed by atoms with Crippen LogP contribution in [0.1, 0.15) is 48.9 Å². The molecule has 8 heteroatoms. The Bertz CT molecular complexity index is 866. The molecule has 1 saturated carbocycles. The maximum Gasteiger partial charge on any atom is 0.256 e.